The van der Waals surface area contributed by atoms with Crippen LogP contribution in [0.1, 0.15) is 289 Å². The second-order valence-corrected chi connectivity index (χ2v) is 69.6. The largest absolute Gasteiger partial charge is 0.446 e. The number of aromatic nitrogens is 8. The molecule has 2 aliphatic heterocycles. The van der Waals surface area contributed by atoms with Gasteiger partial charge >= 0.3 is 12.2 Å². The number of benzene rings is 1. The first-order valence-electron chi connectivity index (χ1n) is 51.4. The summed E-state index contributed by atoms with van der Waals surface area (Å²) < 4.78 is 59.6. The van der Waals surface area contributed by atoms with Crippen molar-refractivity contribution in [2.75, 3.05) is 24.6 Å². The monoisotopic (exact) mass is 1930 g/mol. The molecule has 134 heavy (non-hydrogen) atoms. The van der Waals surface area contributed by atoms with Gasteiger partial charge in [-0.25, -0.2) is 19.6 Å². The van der Waals surface area contributed by atoms with Crippen LogP contribution in [0.25, 0.3) is 22.3 Å². The van der Waals surface area contributed by atoms with Crippen molar-refractivity contribution < 1.29 is 55.8 Å². The van der Waals surface area contributed by atoms with E-state index in [0.29, 0.717) is 108 Å². The van der Waals surface area contributed by atoms with Gasteiger partial charge in [-0.2, -0.15) is 9.97 Å². The maximum absolute atomic E-state index is 14.3. The fraction of sp³-hybridized carbons (Fsp3) is 0.804. The van der Waals surface area contributed by atoms with E-state index in [-0.39, 0.29) is 114 Å². The van der Waals surface area contributed by atoms with Crippen LogP contribution in [-0.4, -0.2) is 158 Å². The highest BCUT2D eigenvalue weighted by Crippen LogP contribution is 2.71. The Morgan fingerprint density at radius 2 is 0.821 bits per heavy atom. The third-order valence-electron chi connectivity index (χ3n) is 38.8. The molecule has 8 aliphatic carbocycles. The SMILES string of the molecule is C[C@H](CCC(=O)NC[C@H]1O[C@@H](n2cnc3c(=O)[nH]c(N)nc32)[C@H](O[Si](C)(C)C(C)(C)C)[C@@H]1O[Si](C)(C)C(C)(C)C)[C@H]1CC[C@H]2[C@@H]3CC[C@H]4C[C@H](OC(=O)NCc5cccc(CNC(=O)O[C@@H]6CC[C@@]7(C)[C@@H](CC[C@@H]8[C@@H]7CC[C@]7(C)[C@@H]([C@H](C)CCC(=O)NC[C@H]9O[C@@H](n%10cnc%11c(=O)[nH]c(N)nc%11%10)[C@H](O[Si](C)(C)C(C)(C)C)[C@@H]9O[Si](C)(C)C(C)(C)C)CC[C@@H]87)C6)c5)CC[C@]4(C)[C@H]3CC[C@]12C. The van der Waals surface area contributed by atoms with E-state index in [0.717, 1.165) is 75.3 Å². The topological polar surface area (TPSA) is 369 Å². The van der Waals surface area contributed by atoms with Crippen LogP contribution >= 0.6 is 0 Å². The van der Waals surface area contributed by atoms with Crippen molar-refractivity contribution in [3.05, 3.63) is 68.8 Å². The minimum absolute atomic E-state index is 0.00301. The van der Waals surface area contributed by atoms with E-state index in [2.05, 4.69) is 228 Å². The maximum atomic E-state index is 14.3. The molecule has 1 aromatic carbocycles. The average Bonchev–Trinajstić information content (AvgIpc) is 1.43. The number of ether oxygens (including phenoxy) is 4. The van der Waals surface area contributed by atoms with Crippen LogP contribution in [0.3, 0.4) is 0 Å². The van der Waals surface area contributed by atoms with Crippen LogP contribution in [-0.2, 0) is 59.3 Å². The summed E-state index contributed by atoms with van der Waals surface area (Å²) in [5.74, 6) is 6.73. The number of nitrogens with one attached hydrogen (secondary N) is 6. The molecular weight excluding hydrogens is 1760 g/mol. The first-order valence-corrected chi connectivity index (χ1v) is 63.0. The minimum atomic E-state index is -2.49. The van der Waals surface area contributed by atoms with Gasteiger partial charge < -0.3 is 69.4 Å². The number of H-pyrrole nitrogens is 2. The number of nitrogen functional groups attached to an aromatic ring is 2. The molecule has 6 heterocycles. The molecule has 26 atom stereocenters. The molecule has 4 amide bonds. The van der Waals surface area contributed by atoms with E-state index >= 15 is 0 Å². The van der Waals surface area contributed by atoms with E-state index in [1.165, 1.54) is 64.2 Å². The third-order valence-corrected chi connectivity index (χ3v) is 56.7. The number of aromatic amines is 2. The van der Waals surface area contributed by atoms with Crippen LogP contribution in [0, 0.1) is 92.7 Å². The molecule has 8 saturated carbocycles. The van der Waals surface area contributed by atoms with Gasteiger partial charge in [0.05, 0.1) is 12.7 Å². The van der Waals surface area contributed by atoms with Gasteiger partial charge in [0.25, 0.3) is 11.1 Å². The molecule has 10 N–H and O–H groups in total. The molecule has 10 aliphatic rings. The van der Waals surface area contributed by atoms with Gasteiger partial charge in [0.2, 0.25) is 23.7 Å². The average molecular weight is 1930 g/mol. The Bertz CT molecular complexity index is 4880. The molecule has 15 rings (SSSR count). The first-order chi connectivity index (χ1) is 62.4. The molecule has 2 saturated heterocycles. The molecule has 28 nitrogen and oxygen atoms in total. The van der Waals surface area contributed by atoms with Crippen LogP contribution in [0.15, 0.2) is 46.5 Å². The van der Waals surface area contributed by atoms with Crippen LogP contribution in [0.2, 0.25) is 72.5 Å². The number of nitrogens with zero attached hydrogens (tertiary/aromatic N) is 6. The number of anilines is 2. The Hall–Kier alpha value is -6.37. The highest BCUT2D eigenvalue weighted by Gasteiger charge is 2.65. The number of alkyl carbamates (subject to hydrolysis) is 2. The highest BCUT2D eigenvalue weighted by atomic mass is 28.4. The molecule has 4 aromatic heterocycles. The number of nitrogens with two attached hydrogens (primary N) is 2. The van der Waals surface area contributed by atoms with Gasteiger partial charge in [0, 0.05) is 39.0 Å². The summed E-state index contributed by atoms with van der Waals surface area (Å²) in [5.41, 5.74) is 15.0. The summed E-state index contributed by atoms with van der Waals surface area (Å²) in [6.45, 7) is 60.6. The normalized spacial score (nSPS) is 34.1. The lowest BCUT2D eigenvalue weighted by Crippen LogP contribution is -2.54. The Labute approximate surface area is 801 Å². The second kappa shape index (κ2) is 37.9. The number of carbonyl (C=O) groups is 4. The van der Waals surface area contributed by atoms with Gasteiger partial charge in [-0.15, -0.1) is 0 Å². The van der Waals surface area contributed by atoms with Crippen molar-refractivity contribution in [2.24, 2.45) is 92.7 Å². The Morgan fingerprint density at radius 1 is 0.478 bits per heavy atom. The minimum Gasteiger partial charge on any atom is -0.446 e. The zero-order chi connectivity index (χ0) is 97.3. The smallest absolute Gasteiger partial charge is 0.407 e. The van der Waals surface area contributed by atoms with E-state index < -0.39 is 93.5 Å². The van der Waals surface area contributed by atoms with E-state index in [4.69, 9.17) is 48.1 Å². The fourth-order valence-electron chi connectivity index (χ4n) is 27.0. The van der Waals surface area contributed by atoms with Gasteiger partial charge in [-0.1, -0.05) is 149 Å². The Kier molecular flexibility index (Phi) is 28.9. The van der Waals surface area contributed by atoms with Crippen molar-refractivity contribution >= 4 is 91.5 Å². The van der Waals surface area contributed by atoms with Crippen molar-refractivity contribution in [1.29, 1.82) is 0 Å². The maximum Gasteiger partial charge on any atom is 0.407 e. The van der Waals surface area contributed by atoms with Crippen LogP contribution in [0.4, 0.5) is 21.5 Å². The summed E-state index contributed by atoms with van der Waals surface area (Å²) in [7, 11) is -9.93. The van der Waals surface area contributed by atoms with Crippen LogP contribution in [0.5, 0.6) is 0 Å². The molecule has 0 unspecified atom stereocenters. The standard InChI is InChI=1S/C102H168N14O14Si4/c1-59(30-40-77(117)105-55-75-81(127-131(19,20)95(3,4)5)83(129-133(23,24)97(9,10)11)89(125-75)115-57-109-79-85(115)111-91(103)113-87(79)119)69-36-38-71-67-34-32-63-51-65(42-46-99(63,15)73(67)44-48-101(69,71)17)123-93(121)107-53-61-28-27-29-62(50-61)54-108-94(122)124-66-43-47-100(16)64(52-66)33-35-68-72-39-37-70(102(72,18)49-45-74(68)100)60(2)31-41-78(118)106-56-76-82(128-132(21,22)96(6,7)8)84(130-134(25,26)98(12,13)14)90(126-76)116-58-110-80-86(116)112-92(104)114-88(80)120/h27-29,50,57-60,63-76,81-84,89-90H,30-49,51-56H2,1-26H3,(H,105,117)(H,106,118)(H,107,121)(H,108,122)(H3,103,111,113,119)(H3,104,112,114,120)/t59-,60-,63+,64+,65-,66-,67+,68+,69-,70-,71+,72+,73+,74+,75-,76-,81-,82-,83-,84-,89-,90-,99+,100+,101-,102-/m1/s1. The van der Waals surface area contributed by atoms with E-state index in [9.17, 15) is 28.8 Å². The number of hydrogen-bond acceptors (Lipinski definition) is 20. The van der Waals surface area contributed by atoms with Crippen molar-refractivity contribution in [2.45, 2.75) is 413 Å². The summed E-state index contributed by atoms with van der Waals surface area (Å²) in [4.78, 5) is 105. The van der Waals surface area contributed by atoms with E-state index in [1.54, 1.807) is 21.8 Å². The molecule has 10 fully saturated rings. The second-order valence-electron chi connectivity index (χ2n) is 50.6. The Balaban J connectivity index is 0.480. The summed E-state index contributed by atoms with van der Waals surface area (Å²) >= 11 is 0. The van der Waals surface area contributed by atoms with Crippen molar-refractivity contribution in [3.8, 4) is 0 Å². The number of rotatable bonds is 28. The Morgan fingerprint density at radius 3 is 1.18 bits per heavy atom. The lowest BCUT2D eigenvalue weighted by Gasteiger charge is -2.61. The number of hydrogen-bond donors (Lipinski definition) is 8. The summed E-state index contributed by atoms with van der Waals surface area (Å²) in [5, 5.41) is 12.3. The molecule has 5 aromatic rings. The zero-order valence-corrected chi connectivity index (χ0v) is 90.1. The number of fused-ring (bicyclic) bond motifs is 12. The zero-order valence-electron chi connectivity index (χ0n) is 86.1. The van der Waals surface area contributed by atoms with E-state index in [1.807, 2.05) is 24.3 Å². The lowest BCUT2D eigenvalue weighted by molar-refractivity contribution is -0.130. The van der Waals surface area contributed by atoms with Crippen molar-refractivity contribution in [1.82, 2.24) is 60.3 Å². The molecule has 0 radical (unpaired) electrons. The van der Waals surface area contributed by atoms with Crippen molar-refractivity contribution in [3.63, 3.8) is 0 Å². The molecule has 0 spiro atoms. The van der Waals surface area contributed by atoms with Crippen LogP contribution < -0.4 is 43.9 Å². The predicted molar refractivity (Wildman–Crippen MR) is 535 cm³/mol. The van der Waals surface area contributed by atoms with Gasteiger partial charge in [0.1, 0.15) is 48.8 Å². The fourth-order valence-corrected chi connectivity index (χ4v) is 32.2. The third kappa shape index (κ3) is 20.1. The number of carbonyl (C=O) groups excluding carboxylic acids is 4. The lowest BCUT2D eigenvalue weighted by atomic mass is 9.44. The number of imidazole rings is 2. The summed E-state index contributed by atoms with van der Waals surface area (Å²) in [6.07, 6.45) is 19.7. The summed E-state index contributed by atoms with van der Waals surface area (Å²) in [6, 6.07) is 8.03. The molecule has 32 heteroatoms. The molecule has 0 bridgehead atoms. The quantitative estimate of drug-likeness (QED) is 0.0216. The van der Waals surface area contributed by atoms with Gasteiger partial charge in [0.15, 0.2) is 68.1 Å². The predicted octanol–water partition coefficient (Wildman–Crippen LogP) is 20.0. The number of amides is 4. The van der Waals surface area contributed by atoms with Gasteiger partial charge in [-0.05, 0) is 305 Å². The highest BCUT2D eigenvalue weighted by molar-refractivity contribution is 6.75. The molecular formula is C102H168N14O14Si4. The van der Waals surface area contributed by atoms with Gasteiger partial charge in [-0.3, -0.25) is 38.3 Å². The first kappa shape index (κ1) is 102. The molecule has 746 valence electrons.